The first-order chi connectivity index (χ1) is 6.58. The van der Waals surface area contributed by atoms with Crippen LogP contribution in [0.1, 0.15) is 11.5 Å². The third kappa shape index (κ3) is 1.28. The standard InChI is InChI=1S/C10H13N3O/c1-6-4-8(7(2)14-6)10-9(11)5-13(3)12-10/h4-5H,11H2,1-3H3. The summed E-state index contributed by atoms with van der Waals surface area (Å²) in [6.07, 6.45) is 1.79. The maximum atomic E-state index is 5.83. The van der Waals surface area contributed by atoms with Gasteiger partial charge in [-0.15, -0.1) is 0 Å². The smallest absolute Gasteiger partial charge is 0.119 e. The highest BCUT2D eigenvalue weighted by atomic mass is 16.3. The van der Waals surface area contributed by atoms with Crippen molar-refractivity contribution >= 4 is 5.69 Å². The minimum Gasteiger partial charge on any atom is -0.466 e. The van der Waals surface area contributed by atoms with Crippen molar-refractivity contribution in [1.82, 2.24) is 9.78 Å². The minimum atomic E-state index is 0.677. The Morgan fingerprint density at radius 1 is 1.43 bits per heavy atom. The van der Waals surface area contributed by atoms with Gasteiger partial charge in [-0.05, 0) is 19.9 Å². The molecule has 2 rings (SSSR count). The molecule has 4 nitrogen and oxygen atoms in total. The first-order valence-corrected chi connectivity index (χ1v) is 4.44. The molecule has 4 heteroatoms. The van der Waals surface area contributed by atoms with Gasteiger partial charge < -0.3 is 10.2 Å². The molecule has 0 amide bonds. The highest BCUT2D eigenvalue weighted by Gasteiger charge is 2.13. The number of anilines is 1. The molecule has 0 saturated heterocycles. The average molecular weight is 191 g/mol. The lowest BCUT2D eigenvalue weighted by atomic mass is 10.1. The van der Waals surface area contributed by atoms with Crippen molar-refractivity contribution in [2.45, 2.75) is 13.8 Å². The Balaban J connectivity index is 2.59. The number of nitrogen functional groups attached to an aromatic ring is 1. The van der Waals surface area contributed by atoms with Crippen LogP contribution in [0.15, 0.2) is 16.7 Å². The minimum absolute atomic E-state index is 0.677. The van der Waals surface area contributed by atoms with Crippen LogP contribution in [0, 0.1) is 13.8 Å². The predicted molar refractivity (Wildman–Crippen MR) is 54.8 cm³/mol. The molecule has 74 valence electrons. The van der Waals surface area contributed by atoms with E-state index in [1.807, 2.05) is 27.0 Å². The summed E-state index contributed by atoms with van der Waals surface area (Å²) in [5.41, 5.74) is 8.27. The molecule has 0 aromatic carbocycles. The molecule has 0 radical (unpaired) electrons. The maximum Gasteiger partial charge on any atom is 0.119 e. The number of aryl methyl sites for hydroxylation is 3. The Labute approximate surface area is 82.3 Å². The Morgan fingerprint density at radius 2 is 2.14 bits per heavy atom. The second-order valence-electron chi connectivity index (χ2n) is 3.43. The summed E-state index contributed by atoms with van der Waals surface area (Å²) in [7, 11) is 1.85. The van der Waals surface area contributed by atoms with E-state index in [0.717, 1.165) is 22.8 Å². The fourth-order valence-corrected chi connectivity index (χ4v) is 1.58. The Bertz CT molecular complexity index is 423. The molecule has 0 bridgehead atoms. The number of hydrogen-bond acceptors (Lipinski definition) is 3. The first kappa shape index (κ1) is 8.87. The van der Waals surface area contributed by atoms with Gasteiger partial charge in [-0.1, -0.05) is 0 Å². The molecule has 0 spiro atoms. The summed E-state index contributed by atoms with van der Waals surface area (Å²) in [5, 5.41) is 4.29. The van der Waals surface area contributed by atoms with Crippen LogP contribution < -0.4 is 5.73 Å². The van der Waals surface area contributed by atoms with Gasteiger partial charge in [-0.2, -0.15) is 5.10 Å². The van der Waals surface area contributed by atoms with Gasteiger partial charge in [-0.3, -0.25) is 4.68 Å². The van der Waals surface area contributed by atoms with E-state index in [9.17, 15) is 0 Å². The van der Waals surface area contributed by atoms with Gasteiger partial charge in [0.2, 0.25) is 0 Å². The highest BCUT2D eigenvalue weighted by molar-refractivity contribution is 5.73. The summed E-state index contributed by atoms with van der Waals surface area (Å²) in [6.45, 7) is 3.83. The van der Waals surface area contributed by atoms with Gasteiger partial charge in [0.1, 0.15) is 17.2 Å². The van der Waals surface area contributed by atoms with E-state index in [0.29, 0.717) is 5.69 Å². The van der Waals surface area contributed by atoms with E-state index in [-0.39, 0.29) is 0 Å². The van der Waals surface area contributed by atoms with E-state index < -0.39 is 0 Å². The molecule has 0 unspecified atom stereocenters. The molecular formula is C10H13N3O. The zero-order chi connectivity index (χ0) is 10.3. The van der Waals surface area contributed by atoms with Crippen LogP contribution in [0.4, 0.5) is 5.69 Å². The molecule has 0 saturated carbocycles. The molecule has 2 N–H and O–H groups in total. The van der Waals surface area contributed by atoms with Crippen molar-refractivity contribution < 1.29 is 4.42 Å². The van der Waals surface area contributed by atoms with Gasteiger partial charge in [0.05, 0.1) is 5.69 Å². The van der Waals surface area contributed by atoms with E-state index in [1.165, 1.54) is 0 Å². The van der Waals surface area contributed by atoms with Crippen LogP contribution in [0.3, 0.4) is 0 Å². The molecule has 14 heavy (non-hydrogen) atoms. The number of rotatable bonds is 1. The fourth-order valence-electron chi connectivity index (χ4n) is 1.58. The highest BCUT2D eigenvalue weighted by Crippen LogP contribution is 2.29. The van der Waals surface area contributed by atoms with Crippen molar-refractivity contribution in [2.75, 3.05) is 5.73 Å². The third-order valence-electron chi connectivity index (χ3n) is 2.15. The average Bonchev–Trinajstić information content (AvgIpc) is 2.55. The van der Waals surface area contributed by atoms with Gasteiger partial charge >= 0.3 is 0 Å². The largest absolute Gasteiger partial charge is 0.466 e. The molecule has 0 aliphatic rings. The molecule has 2 heterocycles. The van der Waals surface area contributed by atoms with E-state index in [2.05, 4.69) is 5.10 Å². The summed E-state index contributed by atoms with van der Waals surface area (Å²) >= 11 is 0. The van der Waals surface area contributed by atoms with Gasteiger partial charge in [0.15, 0.2) is 0 Å². The zero-order valence-electron chi connectivity index (χ0n) is 8.53. The normalized spacial score (nSPS) is 10.8. The van der Waals surface area contributed by atoms with Crippen molar-refractivity contribution in [3.05, 3.63) is 23.8 Å². The van der Waals surface area contributed by atoms with Crippen molar-refractivity contribution in [3.8, 4) is 11.3 Å². The lowest BCUT2D eigenvalue weighted by molar-refractivity contribution is 0.505. The van der Waals surface area contributed by atoms with Crippen LogP contribution in [0.25, 0.3) is 11.3 Å². The predicted octanol–water partition coefficient (Wildman–Crippen LogP) is 1.88. The van der Waals surface area contributed by atoms with Crippen molar-refractivity contribution in [2.24, 2.45) is 7.05 Å². The van der Waals surface area contributed by atoms with E-state index >= 15 is 0 Å². The second-order valence-corrected chi connectivity index (χ2v) is 3.43. The van der Waals surface area contributed by atoms with Crippen LogP contribution >= 0.6 is 0 Å². The molecule has 2 aromatic heterocycles. The molecule has 0 atom stereocenters. The maximum absolute atomic E-state index is 5.83. The van der Waals surface area contributed by atoms with Crippen LogP contribution in [0.5, 0.6) is 0 Å². The fraction of sp³-hybridized carbons (Fsp3) is 0.300. The Morgan fingerprint density at radius 3 is 2.57 bits per heavy atom. The Kier molecular flexibility index (Phi) is 1.84. The first-order valence-electron chi connectivity index (χ1n) is 4.44. The third-order valence-corrected chi connectivity index (χ3v) is 2.15. The lowest BCUT2D eigenvalue weighted by Crippen LogP contribution is -1.88. The van der Waals surface area contributed by atoms with Crippen LogP contribution in [-0.2, 0) is 7.05 Å². The second kappa shape index (κ2) is 2.90. The quantitative estimate of drug-likeness (QED) is 0.748. The van der Waals surface area contributed by atoms with Gasteiger partial charge in [0.25, 0.3) is 0 Å². The summed E-state index contributed by atoms with van der Waals surface area (Å²) in [4.78, 5) is 0. The lowest BCUT2D eigenvalue weighted by Gasteiger charge is -1.93. The summed E-state index contributed by atoms with van der Waals surface area (Å²) < 4.78 is 7.13. The molecular weight excluding hydrogens is 178 g/mol. The van der Waals surface area contributed by atoms with Gasteiger partial charge in [0, 0.05) is 18.8 Å². The summed E-state index contributed by atoms with van der Waals surface area (Å²) in [6, 6.07) is 1.95. The van der Waals surface area contributed by atoms with Crippen LogP contribution in [-0.4, -0.2) is 9.78 Å². The molecule has 2 aromatic rings. The molecule has 0 fully saturated rings. The monoisotopic (exact) mass is 191 g/mol. The van der Waals surface area contributed by atoms with E-state index in [1.54, 1.807) is 10.9 Å². The van der Waals surface area contributed by atoms with Crippen molar-refractivity contribution in [3.63, 3.8) is 0 Å². The van der Waals surface area contributed by atoms with E-state index in [4.69, 9.17) is 10.2 Å². The number of hydrogen-bond donors (Lipinski definition) is 1. The zero-order valence-corrected chi connectivity index (χ0v) is 8.53. The molecule has 0 aliphatic carbocycles. The number of nitrogens with two attached hydrogens (primary N) is 1. The van der Waals surface area contributed by atoms with Crippen molar-refractivity contribution in [1.29, 1.82) is 0 Å². The Hall–Kier alpha value is -1.71. The number of nitrogens with zero attached hydrogens (tertiary/aromatic N) is 2. The topological polar surface area (TPSA) is 57.0 Å². The number of furan rings is 1. The summed E-state index contributed by atoms with van der Waals surface area (Å²) in [5.74, 6) is 1.73. The molecule has 0 aliphatic heterocycles. The van der Waals surface area contributed by atoms with Crippen LogP contribution in [0.2, 0.25) is 0 Å². The SMILES string of the molecule is Cc1cc(-c2nn(C)cc2N)c(C)o1. The van der Waals surface area contributed by atoms with Gasteiger partial charge in [-0.25, -0.2) is 0 Å². The number of aromatic nitrogens is 2.